The van der Waals surface area contributed by atoms with Gasteiger partial charge in [0.25, 0.3) is 11.7 Å². The normalized spacial score (nSPS) is 13.0. The minimum absolute atomic E-state index is 0.0171. The summed E-state index contributed by atoms with van der Waals surface area (Å²) < 4.78 is 78.4. The lowest BCUT2D eigenvalue weighted by atomic mass is 10.3. The summed E-state index contributed by atoms with van der Waals surface area (Å²) in [6.07, 6.45) is -9.42. The van der Waals surface area contributed by atoms with Crippen molar-refractivity contribution < 1.29 is 26.3 Å². The van der Waals surface area contributed by atoms with Crippen LogP contribution in [0.2, 0.25) is 0 Å². The summed E-state index contributed by atoms with van der Waals surface area (Å²) in [5, 5.41) is 6.91. The maximum absolute atomic E-state index is 13.1. The van der Waals surface area contributed by atoms with Gasteiger partial charge in [-0.3, -0.25) is 0 Å². The van der Waals surface area contributed by atoms with E-state index in [2.05, 4.69) is 20.2 Å². The molecule has 0 unspecified atom stereocenters. The molecule has 3 aromatic heterocycles. The maximum Gasteiger partial charge on any atom is 0.435 e. The largest absolute Gasteiger partial charge is 0.435 e. The molecule has 0 N–H and O–H groups in total. The summed E-state index contributed by atoms with van der Waals surface area (Å²) in [5.74, 6) is -0.826. The van der Waals surface area contributed by atoms with E-state index in [9.17, 15) is 26.3 Å². The molecule has 3 aromatic rings. The molecule has 128 valence electrons. The van der Waals surface area contributed by atoms with Crippen LogP contribution < -0.4 is 0 Å². The highest BCUT2D eigenvalue weighted by molar-refractivity contribution is 5.36. The molecule has 3 rings (SSSR count). The minimum Gasteiger partial charge on any atom is -0.216 e. The molecule has 0 amide bonds. The van der Waals surface area contributed by atoms with Crippen LogP contribution in [0.3, 0.4) is 0 Å². The van der Waals surface area contributed by atoms with Crippen molar-refractivity contribution in [3.8, 4) is 5.95 Å². The zero-order valence-corrected chi connectivity index (χ0v) is 12.1. The average molecular weight is 350 g/mol. The molecule has 0 aliphatic rings. The first-order valence-electron chi connectivity index (χ1n) is 6.42. The fraction of sp³-hybridized carbons (Fsp3) is 0.333. The maximum atomic E-state index is 13.1. The molecule has 12 heteroatoms. The molecule has 0 bridgehead atoms. The quantitative estimate of drug-likeness (QED) is 0.633. The SMILES string of the molecule is Cc1cc(C(F)(F)F)n2nc(-n3nc(C(F)(F)F)cc3C)nc2n1. The van der Waals surface area contributed by atoms with Gasteiger partial charge in [0.1, 0.15) is 0 Å². The molecule has 6 nitrogen and oxygen atoms in total. The first kappa shape index (κ1) is 16.2. The molecule has 0 saturated carbocycles. The lowest BCUT2D eigenvalue weighted by Gasteiger charge is -2.08. The van der Waals surface area contributed by atoms with Crippen LogP contribution in [0.25, 0.3) is 11.7 Å². The van der Waals surface area contributed by atoms with Crippen molar-refractivity contribution in [1.82, 2.24) is 29.4 Å². The van der Waals surface area contributed by atoms with Crippen LogP contribution >= 0.6 is 0 Å². The van der Waals surface area contributed by atoms with Crippen LogP contribution in [0, 0.1) is 13.8 Å². The Balaban J connectivity index is 2.21. The number of aromatic nitrogens is 6. The van der Waals surface area contributed by atoms with Crippen molar-refractivity contribution >= 4 is 5.78 Å². The number of nitrogens with zero attached hydrogens (tertiary/aromatic N) is 6. The number of fused-ring (bicyclic) bond motifs is 1. The van der Waals surface area contributed by atoms with Gasteiger partial charge in [-0.2, -0.15) is 40.9 Å². The number of aryl methyl sites for hydroxylation is 2. The second-order valence-corrected chi connectivity index (χ2v) is 4.98. The van der Waals surface area contributed by atoms with Crippen LogP contribution in [0.4, 0.5) is 26.3 Å². The highest BCUT2D eigenvalue weighted by Gasteiger charge is 2.37. The third-order valence-electron chi connectivity index (χ3n) is 3.09. The first-order valence-corrected chi connectivity index (χ1v) is 6.42. The smallest absolute Gasteiger partial charge is 0.216 e. The fourth-order valence-corrected chi connectivity index (χ4v) is 2.08. The van der Waals surface area contributed by atoms with Crippen molar-refractivity contribution in [3.63, 3.8) is 0 Å². The second-order valence-electron chi connectivity index (χ2n) is 4.98. The molecular formula is C12H8F6N6. The highest BCUT2D eigenvalue weighted by Crippen LogP contribution is 2.31. The number of hydrogen-bond acceptors (Lipinski definition) is 4. The summed E-state index contributed by atoms with van der Waals surface area (Å²) in [6.45, 7) is 2.64. The van der Waals surface area contributed by atoms with Crippen LogP contribution in [-0.2, 0) is 12.4 Å². The van der Waals surface area contributed by atoms with Crippen LogP contribution in [-0.4, -0.2) is 29.4 Å². The van der Waals surface area contributed by atoms with Gasteiger partial charge in [0.05, 0.1) is 0 Å². The van der Waals surface area contributed by atoms with Crippen LogP contribution in [0.1, 0.15) is 22.8 Å². The first-order chi connectivity index (χ1) is 11.0. The molecule has 0 aliphatic carbocycles. The summed E-state index contributed by atoms with van der Waals surface area (Å²) in [5.41, 5.74) is -2.27. The lowest BCUT2D eigenvalue weighted by Crippen LogP contribution is -2.14. The Hall–Kier alpha value is -2.66. The molecule has 0 aliphatic heterocycles. The van der Waals surface area contributed by atoms with Gasteiger partial charge in [-0.1, -0.05) is 0 Å². The second kappa shape index (κ2) is 4.92. The molecule has 0 spiro atoms. The molecule has 0 radical (unpaired) electrons. The third kappa shape index (κ3) is 2.67. The van der Waals surface area contributed by atoms with Gasteiger partial charge in [-0.25, -0.2) is 9.67 Å². The van der Waals surface area contributed by atoms with E-state index in [1.165, 1.54) is 13.8 Å². The van der Waals surface area contributed by atoms with Crippen LogP contribution in [0.15, 0.2) is 12.1 Å². The Labute approximate surface area is 129 Å². The fourth-order valence-electron chi connectivity index (χ4n) is 2.08. The Morgan fingerprint density at radius 2 is 1.54 bits per heavy atom. The highest BCUT2D eigenvalue weighted by atomic mass is 19.4. The Bertz CT molecular complexity index is 919. The predicted octanol–water partition coefficient (Wildman–Crippen LogP) is 2.96. The van der Waals surface area contributed by atoms with Crippen molar-refractivity contribution in [3.05, 3.63) is 34.9 Å². The van der Waals surface area contributed by atoms with Gasteiger partial charge >= 0.3 is 12.4 Å². The van der Waals surface area contributed by atoms with Gasteiger partial charge in [-0.05, 0) is 26.0 Å². The predicted molar refractivity (Wildman–Crippen MR) is 67.4 cm³/mol. The minimum atomic E-state index is -4.73. The monoisotopic (exact) mass is 350 g/mol. The van der Waals surface area contributed by atoms with Gasteiger partial charge < -0.3 is 0 Å². The van der Waals surface area contributed by atoms with E-state index in [-0.39, 0.29) is 17.2 Å². The number of alkyl halides is 6. The van der Waals surface area contributed by atoms with Gasteiger partial charge in [0, 0.05) is 11.4 Å². The van der Waals surface area contributed by atoms with Crippen molar-refractivity contribution in [2.75, 3.05) is 0 Å². The summed E-state index contributed by atoms with van der Waals surface area (Å²) in [4.78, 5) is 7.56. The Morgan fingerprint density at radius 3 is 2.08 bits per heavy atom. The van der Waals surface area contributed by atoms with Crippen molar-refractivity contribution in [2.24, 2.45) is 0 Å². The van der Waals surface area contributed by atoms with Gasteiger partial charge in [0.15, 0.2) is 11.4 Å². The lowest BCUT2D eigenvalue weighted by molar-refractivity contribution is -0.143. The Kier molecular flexibility index (Phi) is 3.32. The average Bonchev–Trinajstić information content (AvgIpc) is 2.98. The van der Waals surface area contributed by atoms with Crippen molar-refractivity contribution in [2.45, 2.75) is 26.2 Å². The number of hydrogen-bond donors (Lipinski definition) is 0. The standard InChI is InChI=1S/C12H8F6N6/c1-5-3-8(12(16,17)18)24-9(19-5)20-10(22-24)23-6(2)4-7(21-23)11(13,14)15/h3-4H,1-2H3. The van der Waals surface area contributed by atoms with E-state index in [1.807, 2.05) is 0 Å². The molecule has 24 heavy (non-hydrogen) atoms. The van der Waals surface area contributed by atoms with E-state index in [0.717, 1.165) is 12.1 Å². The van der Waals surface area contributed by atoms with E-state index < -0.39 is 29.7 Å². The zero-order valence-electron chi connectivity index (χ0n) is 12.1. The summed E-state index contributed by atoms with van der Waals surface area (Å²) >= 11 is 0. The number of halogens is 6. The topological polar surface area (TPSA) is 60.9 Å². The van der Waals surface area contributed by atoms with E-state index in [4.69, 9.17) is 0 Å². The molecule has 3 heterocycles. The molecule has 0 atom stereocenters. The summed E-state index contributed by atoms with van der Waals surface area (Å²) in [6, 6.07) is 1.51. The van der Waals surface area contributed by atoms with Crippen LogP contribution in [0.5, 0.6) is 0 Å². The number of rotatable bonds is 1. The zero-order chi connectivity index (χ0) is 17.9. The van der Waals surface area contributed by atoms with Gasteiger partial charge in [-0.15, -0.1) is 5.10 Å². The van der Waals surface area contributed by atoms with Crippen molar-refractivity contribution in [1.29, 1.82) is 0 Å². The van der Waals surface area contributed by atoms with E-state index >= 15 is 0 Å². The third-order valence-corrected chi connectivity index (χ3v) is 3.09. The van der Waals surface area contributed by atoms with E-state index in [1.54, 1.807) is 0 Å². The van der Waals surface area contributed by atoms with E-state index in [0.29, 0.717) is 9.20 Å². The Morgan fingerprint density at radius 1 is 0.875 bits per heavy atom. The molecular weight excluding hydrogens is 342 g/mol. The summed E-state index contributed by atoms with van der Waals surface area (Å²) in [7, 11) is 0. The molecule has 0 saturated heterocycles. The van der Waals surface area contributed by atoms with Gasteiger partial charge in [0.2, 0.25) is 0 Å². The molecule has 0 aromatic carbocycles. The molecule has 0 fully saturated rings.